The molecule has 0 aliphatic heterocycles. The van der Waals surface area contributed by atoms with E-state index in [2.05, 4.69) is 69.2 Å². The van der Waals surface area contributed by atoms with Crippen LogP contribution in [0.25, 0.3) is 0 Å². The first-order chi connectivity index (χ1) is 8.25. The Morgan fingerprint density at radius 2 is 2.12 bits per heavy atom. The molecule has 0 fully saturated rings. The van der Waals surface area contributed by atoms with Crippen molar-refractivity contribution in [3.8, 4) is 0 Å². The SMILES string of the molecule is CC(NCCc1ncno1)c1ccc(I)cc1. The van der Waals surface area contributed by atoms with E-state index in [0.29, 0.717) is 11.9 Å². The summed E-state index contributed by atoms with van der Waals surface area (Å²) < 4.78 is 6.19. The van der Waals surface area contributed by atoms with Crippen molar-refractivity contribution in [3.63, 3.8) is 0 Å². The van der Waals surface area contributed by atoms with E-state index in [-0.39, 0.29) is 0 Å². The molecule has 17 heavy (non-hydrogen) atoms. The summed E-state index contributed by atoms with van der Waals surface area (Å²) in [5, 5.41) is 7.00. The van der Waals surface area contributed by atoms with E-state index in [1.807, 2.05) is 0 Å². The monoisotopic (exact) mass is 343 g/mol. The molecule has 0 bridgehead atoms. The highest BCUT2D eigenvalue weighted by atomic mass is 127. The van der Waals surface area contributed by atoms with Gasteiger partial charge in [0, 0.05) is 22.6 Å². The zero-order chi connectivity index (χ0) is 12.1. The Morgan fingerprint density at radius 3 is 2.76 bits per heavy atom. The van der Waals surface area contributed by atoms with Crippen molar-refractivity contribution in [3.05, 3.63) is 45.6 Å². The summed E-state index contributed by atoms with van der Waals surface area (Å²) in [5.74, 6) is 0.673. The number of benzene rings is 1. The topological polar surface area (TPSA) is 51.0 Å². The van der Waals surface area contributed by atoms with Crippen molar-refractivity contribution in [2.45, 2.75) is 19.4 Å². The first kappa shape index (κ1) is 12.5. The summed E-state index contributed by atoms with van der Waals surface area (Å²) in [5.41, 5.74) is 1.29. The second kappa shape index (κ2) is 6.11. The molecule has 0 spiro atoms. The summed E-state index contributed by atoms with van der Waals surface area (Å²) in [6, 6.07) is 8.85. The van der Waals surface area contributed by atoms with E-state index in [1.54, 1.807) is 0 Å². The molecule has 90 valence electrons. The highest BCUT2D eigenvalue weighted by molar-refractivity contribution is 14.1. The van der Waals surface area contributed by atoms with Crippen LogP contribution in [0.15, 0.2) is 35.1 Å². The van der Waals surface area contributed by atoms with Crippen molar-refractivity contribution in [1.29, 1.82) is 0 Å². The molecule has 0 aliphatic carbocycles. The van der Waals surface area contributed by atoms with Gasteiger partial charge in [-0.2, -0.15) is 4.98 Å². The normalized spacial score (nSPS) is 12.6. The third-order valence-electron chi connectivity index (χ3n) is 2.57. The highest BCUT2D eigenvalue weighted by Crippen LogP contribution is 2.14. The summed E-state index contributed by atoms with van der Waals surface area (Å²) in [7, 11) is 0. The minimum absolute atomic E-state index is 0.329. The van der Waals surface area contributed by atoms with Crippen LogP contribution in [0.1, 0.15) is 24.4 Å². The van der Waals surface area contributed by atoms with Gasteiger partial charge in [0.05, 0.1) is 0 Å². The summed E-state index contributed by atoms with van der Waals surface area (Å²) >= 11 is 2.31. The van der Waals surface area contributed by atoms with E-state index in [4.69, 9.17) is 4.52 Å². The van der Waals surface area contributed by atoms with Gasteiger partial charge in [-0.15, -0.1) is 0 Å². The third kappa shape index (κ3) is 3.78. The lowest BCUT2D eigenvalue weighted by Crippen LogP contribution is -2.21. The molecule has 0 saturated carbocycles. The van der Waals surface area contributed by atoms with Gasteiger partial charge in [0.25, 0.3) is 0 Å². The average molecular weight is 343 g/mol. The standard InChI is InChI=1S/C12H14IN3O/c1-9(10-2-4-11(13)5-3-10)14-7-6-12-15-8-16-17-12/h2-5,8-9,14H,6-7H2,1H3. The maximum Gasteiger partial charge on any atom is 0.227 e. The molecule has 1 heterocycles. The molecule has 4 nitrogen and oxygen atoms in total. The van der Waals surface area contributed by atoms with E-state index in [1.165, 1.54) is 15.5 Å². The van der Waals surface area contributed by atoms with Crippen molar-refractivity contribution in [1.82, 2.24) is 15.5 Å². The van der Waals surface area contributed by atoms with Crippen LogP contribution in [-0.4, -0.2) is 16.7 Å². The van der Waals surface area contributed by atoms with Gasteiger partial charge in [0.2, 0.25) is 5.89 Å². The van der Waals surface area contributed by atoms with E-state index in [9.17, 15) is 0 Å². The maximum atomic E-state index is 4.93. The van der Waals surface area contributed by atoms with E-state index < -0.39 is 0 Å². The Hall–Kier alpha value is -0.950. The lowest BCUT2D eigenvalue weighted by molar-refractivity contribution is 0.372. The molecule has 0 amide bonds. The summed E-state index contributed by atoms with van der Waals surface area (Å²) in [6.07, 6.45) is 2.19. The van der Waals surface area contributed by atoms with Gasteiger partial charge in [-0.3, -0.25) is 0 Å². The van der Waals surface area contributed by atoms with Gasteiger partial charge in [0.15, 0.2) is 6.33 Å². The van der Waals surface area contributed by atoms with Crippen LogP contribution >= 0.6 is 22.6 Å². The second-order valence-corrected chi connectivity index (χ2v) is 5.06. The Labute approximate surface area is 114 Å². The van der Waals surface area contributed by atoms with Crippen LogP contribution in [0.2, 0.25) is 0 Å². The molecule has 5 heteroatoms. The number of hydrogen-bond donors (Lipinski definition) is 1. The van der Waals surface area contributed by atoms with E-state index in [0.717, 1.165) is 13.0 Å². The molecule has 1 aromatic heterocycles. The molecule has 1 N–H and O–H groups in total. The molecule has 1 unspecified atom stereocenters. The van der Waals surface area contributed by atoms with Gasteiger partial charge < -0.3 is 9.84 Å². The first-order valence-corrected chi connectivity index (χ1v) is 6.58. The predicted molar refractivity (Wildman–Crippen MR) is 73.6 cm³/mol. The van der Waals surface area contributed by atoms with E-state index >= 15 is 0 Å². The van der Waals surface area contributed by atoms with Crippen molar-refractivity contribution >= 4 is 22.6 Å². The van der Waals surface area contributed by atoms with Crippen molar-refractivity contribution in [2.75, 3.05) is 6.54 Å². The zero-order valence-electron chi connectivity index (χ0n) is 9.56. The smallest absolute Gasteiger partial charge is 0.227 e. The lowest BCUT2D eigenvalue weighted by Gasteiger charge is -2.13. The van der Waals surface area contributed by atoms with Gasteiger partial charge in [0.1, 0.15) is 0 Å². The quantitative estimate of drug-likeness (QED) is 0.848. The fourth-order valence-corrected chi connectivity index (χ4v) is 1.93. The van der Waals surface area contributed by atoms with Crippen LogP contribution < -0.4 is 5.32 Å². The molecule has 2 aromatic rings. The zero-order valence-corrected chi connectivity index (χ0v) is 11.7. The highest BCUT2D eigenvalue weighted by Gasteiger charge is 2.05. The molecule has 0 saturated heterocycles. The Morgan fingerprint density at radius 1 is 1.35 bits per heavy atom. The van der Waals surface area contributed by atoms with Crippen LogP contribution in [0.5, 0.6) is 0 Å². The molecular weight excluding hydrogens is 329 g/mol. The number of nitrogens with one attached hydrogen (secondary N) is 1. The molecule has 0 aliphatic rings. The van der Waals surface area contributed by atoms with Gasteiger partial charge >= 0.3 is 0 Å². The molecule has 2 rings (SSSR count). The first-order valence-electron chi connectivity index (χ1n) is 5.50. The predicted octanol–water partition coefficient (Wildman–Crippen LogP) is 2.57. The van der Waals surface area contributed by atoms with Crippen LogP contribution in [0.3, 0.4) is 0 Å². The summed E-state index contributed by atoms with van der Waals surface area (Å²) in [4.78, 5) is 3.98. The van der Waals surface area contributed by atoms with Crippen LogP contribution in [-0.2, 0) is 6.42 Å². The molecule has 0 radical (unpaired) electrons. The summed E-state index contributed by atoms with van der Waals surface area (Å²) in [6.45, 7) is 2.98. The molecule has 1 atom stereocenters. The number of hydrogen-bond acceptors (Lipinski definition) is 4. The van der Waals surface area contributed by atoms with Gasteiger partial charge in [-0.1, -0.05) is 17.3 Å². The van der Waals surface area contributed by atoms with Crippen molar-refractivity contribution < 1.29 is 4.52 Å². The minimum atomic E-state index is 0.329. The maximum absolute atomic E-state index is 4.93. The van der Waals surface area contributed by atoms with Crippen LogP contribution in [0.4, 0.5) is 0 Å². The van der Waals surface area contributed by atoms with Gasteiger partial charge in [-0.05, 0) is 47.2 Å². The fraction of sp³-hybridized carbons (Fsp3) is 0.333. The number of halogens is 1. The van der Waals surface area contributed by atoms with Crippen molar-refractivity contribution in [2.24, 2.45) is 0 Å². The average Bonchev–Trinajstić information content (AvgIpc) is 2.83. The largest absolute Gasteiger partial charge is 0.340 e. The molecular formula is C12H14IN3O. The number of aromatic nitrogens is 2. The minimum Gasteiger partial charge on any atom is -0.340 e. The Kier molecular flexibility index (Phi) is 4.49. The lowest BCUT2D eigenvalue weighted by atomic mass is 10.1. The van der Waals surface area contributed by atoms with Gasteiger partial charge in [-0.25, -0.2) is 0 Å². The number of rotatable bonds is 5. The molecule has 1 aromatic carbocycles. The second-order valence-electron chi connectivity index (χ2n) is 3.81. The number of nitrogens with zero attached hydrogens (tertiary/aromatic N) is 2. The Bertz CT molecular complexity index is 441. The Balaban J connectivity index is 1.81. The third-order valence-corrected chi connectivity index (χ3v) is 3.29. The van der Waals surface area contributed by atoms with Crippen LogP contribution in [0, 0.1) is 3.57 Å². The fourth-order valence-electron chi connectivity index (χ4n) is 1.57.